The molecule has 23 heavy (non-hydrogen) atoms. The third-order valence-corrected chi connectivity index (χ3v) is 6.71. The summed E-state index contributed by atoms with van der Waals surface area (Å²) >= 11 is 6.36. The SMILES string of the molecule is CCSc1nc2ccc(S(=O)(=O)Nc3cccc(Br)n3)cc2s1. The number of fused-ring (bicyclic) bond motifs is 1. The van der Waals surface area contributed by atoms with Crippen LogP contribution in [-0.2, 0) is 10.0 Å². The van der Waals surface area contributed by atoms with Crippen LogP contribution in [0.4, 0.5) is 5.82 Å². The predicted molar refractivity (Wildman–Crippen MR) is 98.8 cm³/mol. The number of anilines is 1. The number of thioether (sulfide) groups is 1. The summed E-state index contributed by atoms with van der Waals surface area (Å²) in [6, 6.07) is 9.98. The van der Waals surface area contributed by atoms with Crippen LogP contribution < -0.4 is 4.72 Å². The summed E-state index contributed by atoms with van der Waals surface area (Å²) < 4.78 is 29.8. The van der Waals surface area contributed by atoms with Gasteiger partial charge < -0.3 is 0 Å². The maximum absolute atomic E-state index is 12.5. The molecule has 0 fully saturated rings. The van der Waals surface area contributed by atoms with Crippen molar-refractivity contribution < 1.29 is 8.42 Å². The maximum Gasteiger partial charge on any atom is 0.263 e. The Hall–Kier alpha value is -1.16. The van der Waals surface area contributed by atoms with Crippen molar-refractivity contribution in [3.05, 3.63) is 41.0 Å². The van der Waals surface area contributed by atoms with Crippen LogP contribution in [0.2, 0.25) is 0 Å². The number of nitrogens with one attached hydrogen (secondary N) is 1. The van der Waals surface area contributed by atoms with Crippen molar-refractivity contribution in [3.8, 4) is 0 Å². The highest BCUT2D eigenvalue weighted by Gasteiger charge is 2.16. The molecule has 0 spiro atoms. The molecule has 0 aliphatic heterocycles. The van der Waals surface area contributed by atoms with Crippen LogP contribution in [0, 0.1) is 0 Å². The number of thiazole rings is 1. The molecule has 0 aliphatic rings. The summed E-state index contributed by atoms with van der Waals surface area (Å²) in [5, 5.41) is 0. The average Bonchev–Trinajstić information content (AvgIpc) is 2.88. The van der Waals surface area contributed by atoms with Crippen LogP contribution in [0.5, 0.6) is 0 Å². The first-order valence-electron chi connectivity index (χ1n) is 6.67. The Morgan fingerprint density at radius 2 is 2.09 bits per heavy atom. The fourth-order valence-electron chi connectivity index (χ4n) is 1.90. The number of hydrogen-bond donors (Lipinski definition) is 1. The van der Waals surface area contributed by atoms with Gasteiger partial charge in [0.05, 0.1) is 15.1 Å². The minimum absolute atomic E-state index is 0.198. The zero-order valence-electron chi connectivity index (χ0n) is 12.0. The molecule has 0 bridgehead atoms. The third-order valence-electron chi connectivity index (χ3n) is 2.87. The van der Waals surface area contributed by atoms with Crippen molar-refractivity contribution >= 4 is 65.1 Å². The molecule has 0 saturated heterocycles. The third kappa shape index (κ3) is 3.85. The summed E-state index contributed by atoms with van der Waals surface area (Å²) in [6.07, 6.45) is 0. The molecule has 2 heterocycles. The second-order valence-electron chi connectivity index (χ2n) is 4.49. The summed E-state index contributed by atoms with van der Waals surface area (Å²) in [6.45, 7) is 2.06. The van der Waals surface area contributed by atoms with Crippen LogP contribution in [0.3, 0.4) is 0 Å². The van der Waals surface area contributed by atoms with E-state index in [1.54, 1.807) is 48.2 Å². The summed E-state index contributed by atoms with van der Waals surface area (Å²) in [4.78, 5) is 8.75. The molecule has 0 amide bonds. The first-order valence-corrected chi connectivity index (χ1v) is 10.7. The molecule has 0 radical (unpaired) electrons. The highest BCUT2D eigenvalue weighted by atomic mass is 79.9. The number of aromatic nitrogens is 2. The van der Waals surface area contributed by atoms with Gasteiger partial charge in [-0.2, -0.15) is 0 Å². The van der Waals surface area contributed by atoms with Gasteiger partial charge in [-0.25, -0.2) is 18.4 Å². The van der Waals surface area contributed by atoms with Crippen molar-refractivity contribution in [1.29, 1.82) is 0 Å². The Morgan fingerprint density at radius 1 is 1.26 bits per heavy atom. The lowest BCUT2D eigenvalue weighted by molar-refractivity contribution is 0.601. The topological polar surface area (TPSA) is 72.0 Å². The smallest absolute Gasteiger partial charge is 0.263 e. The van der Waals surface area contributed by atoms with Gasteiger partial charge in [0.25, 0.3) is 10.0 Å². The molecule has 5 nitrogen and oxygen atoms in total. The number of benzene rings is 1. The van der Waals surface area contributed by atoms with E-state index < -0.39 is 10.0 Å². The van der Waals surface area contributed by atoms with Crippen LogP contribution in [0.15, 0.2) is 50.2 Å². The Morgan fingerprint density at radius 3 is 2.83 bits per heavy atom. The molecule has 1 N–H and O–H groups in total. The van der Waals surface area contributed by atoms with Crippen molar-refractivity contribution in [2.75, 3.05) is 10.5 Å². The predicted octanol–water partition coefficient (Wildman–Crippen LogP) is 4.37. The summed E-state index contributed by atoms with van der Waals surface area (Å²) in [5.41, 5.74) is 0.811. The highest BCUT2D eigenvalue weighted by molar-refractivity contribution is 9.10. The average molecular weight is 430 g/mol. The minimum atomic E-state index is -3.69. The van der Waals surface area contributed by atoms with Gasteiger partial charge in [-0.15, -0.1) is 11.3 Å². The minimum Gasteiger partial charge on any atom is -0.263 e. The summed E-state index contributed by atoms with van der Waals surface area (Å²) in [5.74, 6) is 1.20. The number of pyridine rings is 1. The van der Waals surface area contributed by atoms with E-state index in [-0.39, 0.29) is 10.7 Å². The first kappa shape index (κ1) is 16.7. The second kappa shape index (κ2) is 6.76. The highest BCUT2D eigenvalue weighted by Crippen LogP contribution is 2.31. The van der Waals surface area contributed by atoms with E-state index >= 15 is 0 Å². The van der Waals surface area contributed by atoms with E-state index in [1.807, 2.05) is 0 Å². The van der Waals surface area contributed by atoms with Crippen LogP contribution in [0.25, 0.3) is 10.2 Å². The fraction of sp³-hybridized carbons (Fsp3) is 0.143. The Labute approximate surface area is 150 Å². The maximum atomic E-state index is 12.5. The molecule has 0 saturated carbocycles. The number of sulfonamides is 1. The van der Waals surface area contributed by atoms with Crippen LogP contribution in [0.1, 0.15) is 6.92 Å². The molecule has 0 atom stereocenters. The number of nitrogens with zero attached hydrogens (tertiary/aromatic N) is 2. The van der Waals surface area contributed by atoms with E-state index in [1.165, 1.54) is 11.3 Å². The lowest BCUT2D eigenvalue weighted by atomic mass is 10.3. The molecule has 120 valence electrons. The van der Waals surface area contributed by atoms with Gasteiger partial charge in [0.1, 0.15) is 10.4 Å². The standard InChI is InChI=1S/C14H12BrN3O2S3/c1-2-21-14-16-10-7-6-9(8-11(10)22-14)23(19,20)18-13-5-3-4-12(15)17-13/h3-8H,2H2,1H3,(H,17,18). The van der Waals surface area contributed by atoms with Crippen LogP contribution in [-0.4, -0.2) is 24.1 Å². The van der Waals surface area contributed by atoms with Gasteiger partial charge in [0.2, 0.25) is 0 Å². The quantitative estimate of drug-likeness (QED) is 0.481. The Balaban J connectivity index is 1.94. The molecule has 0 unspecified atom stereocenters. The van der Waals surface area contributed by atoms with Crippen LogP contribution >= 0.6 is 39.0 Å². The molecule has 0 aliphatic carbocycles. The van der Waals surface area contributed by atoms with Gasteiger partial charge in [-0.3, -0.25) is 4.72 Å². The molecule has 3 aromatic rings. The van der Waals surface area contributed by atoms with E-state index in [2.05, 4.69) is 37.5 Å². The monoisotopic (exact) mass is 429 g/mol. The van der Waals surface area contributed by atoms with E-state index in [4.69, 9.17) is 0 Å². The lowest BCUT2D eigenvalue weighted by Gasteiger charge is -2.07. The number of halogens is 1. The van der Waals surface area contributed by atoms with Crippen molar-refractivity contribution in [3.63, 3.8) is 0 Å². The summed E-state index contributed by atoms with van der Waals surface area (Å²) in [7, 11) is -3.69. The normalized spacial score (nSPS) is 11.7. The molecule has 1 aromatic carbocycles. The first-order chi connectivity index (χ1) is 11.0. The van der Waals surface area contributed by atoms with Crippen molar-refractivity contribution in [2.24, 2.45) is 0 Å². The van der Waals surface area contributed by atoms with Crippen molar-refractivity contribution in [1.82, 2.24) is 9.97 Å². The largest absolute Gasteiger partial charge is 0.263 e. The number of rotatable bonds is 5. The van der Waals surface area contributed by atoms with Gasteiger partial charge in [0, 0.05) is 0 Å². The Bertz CT molecular complexity index is 957. The van der Waals surface area contributed by atoms with E-state index in [0.717, 1.165) is 20.3 Å². The fourth-order valence-corrected chi connectivity index (χ4v) is 5.35. The van der Waals surface area contributed by atoms with Gasteiger partial charge in [-0.1, -0.05) is 24.8 Å². The van der Waals surface area contributed by atoms with Gasteiger partial charge in [0.15, 0.2) is 4.34 Å². The molecular formula is C14H12BrN3O2S3. The number of hydrogen-bond acceptors (Lipinski definition) is 6. The Kier molecular flexibility index (Phi) is 4.90. The second-order valence-corrected chi connectivity index (χ2v) is 9.53. The van der Waals surface area contributed by atoms with Crippen molar-refractivity contribution in [2.45, 2.75) is 16.2 Å². The molecule has 2 aromatic heterocycles. The molecular weight excluding hydrogens is 418 g/mol. The van der Waals surface area contributed by atoms with Gasteiger partial charge in [-0.05, 0) is 52.0 Å². The van der Waals surface area contributed by atoms with Gasteiger partial charge >= 0.3 is 0 Å². The zero-order valence-corrected chi connectivity index (χ0v) is 16.0. The molecule has 9 heteroatoms. The molecule has 3 rings (SSSR count). The van der Waals surface area contributed by atoms with E-state index in [9.17, 15) is 8.42 Å². The van der Waals surface area contributed by atoms with E-state index in [0.29, 0.717) is 4.60 Å². The zero-order chi connectivity index (χ0) is 16.4. The lowest BCUT2D eigenvalue weighted by Crippen LogP contribution is -2.13.